The first kappa shape index (κ1) is 29.5. The summed E-state index contributed by atoms with van der Waals surface area (Å²) in [5.41, 5.74) is -0.337. The molecule has 1 unspecified atom stereocenters. The lowest BCUT2D eigenvalue weighted by atomic mass is 10.1. The summed E-state index contributed by atoms with van der Waals surface area (Å²) in [5, 5.41) is 32.3. The van der Waals surface area contributed by atoms with Gasteiger partial charge in [-0.2, -0.15) is 4.98 Å². The number of piperazine rings is 1. The zero-order valence-corrected chi connectivity index (χ0v) is 23.8. The number of aromatic nitrogens is 3. The van der Waals surface area contributed by atoms with Crippen molar-refractivity contribution >= 4 is 34.2 Å². The van der Waals surface area contributed by atoms with E-state index < -0.39 is 33.8 Å². The lowest BCUT2D eigenvalue weighted by Crippen LogP contribution is -2.49. The number of carbonyl (C=O) groups is 1. The number of piperidine rings is 1. The number of pyridine rings is 1. The number of carboxylic acids is 1. The minimum absolute atomic E-state index is 0.0205. The Morgan fingerprint density at radius 1 is 1.10 bits per heavy atom. The minimum Gasteiger partial charge on any atom is -0.477 e. The van der Waals surface area contributed by atoms with Crippen LogP contribution in [0.4, 0.5) is 21.7 Å². The number of carboxylic acid groups (broad SMARTS) is 1. The molecule has 0 spiro atoms. The molecule has 2 aromatic heterocycles. The average Bonchev–Trinajstić information content (AvgIpc) is 3.29. The molecule has 3 aromatic rings. The highest BCUT2D eigenvalue weighted by Gasteiger charge is 2.32. The van der Waals surface area contributed by atoms with Gasteiger partial charge < -0.3 is 34.7 Å². The Morgan fingerprint density at radius 3 is 2.40 bits per heavy atom. The SMILES string of the molecule is CCn1cc(C(=O)O)c(=O)c2cc(F)c(N3CCN(CC(O)Cn4c(C)nc(N5CCCCC5)c4[N+](=O)[O-])CC3)cc21. The Kier molecular flexibility index (Phi) is 8.45. The number of fused-ring (bicyclic) bond motifs is 1. The van der Waals surface area contributed by atoms with Gasteiger partial charge in [0.1, 0.15) is 24.0 Å². The van der Waals surface area contributed by atoms with Crippen LogP contribution in [0.2, 0.25) is 0 Å². The van der Waals surface area contributed by atoms with Crippen molar-refractivity contribution in [1.82, 2.24) is 19.0 Å². The molecule has 42 heavy (non-hydrogen) atoms. The van der Waals surface area contributed by atoms with E-state index >= 15 is 4.39 Å². The predicted molar refractivity (Wildman–Crippen MR) is 155 cm³/mol. The van der Waals surface area contributed by atoms with E-state index in [2.05, 4.69) is 4.98 Å². The number of nitrogens with zero attached hydrogens (tertiary/aromatic N) is 7. The molecule has 2 saturated heterocycles. The molecule has 0 bridgehead atoms. The van der Waals surface area contributed by atoms with Gasteiger partial charge in [0.15, 0.2) is 5.82 Å². The van der Waals surface area contributed by atoms with E-state index in [9.17, 15) is 29.9 Å². The summed E-state index contributed by atoms with van der Waals surface area (Å²) < 4.78 is 18.3. The third-order valence-corrected chi connectivity index (χ3v) is 8.24. The maximum atomic E-state index is 15.2. The molecule has 0 aliphatic carbocycles. The summed E-state index contributed by atoms with van der Waals surface area (Å²) in [6, 6.07) is 2.70. The van der Waals surface area contributed by atoms with Crippen molar-refractivity contribution in [3.8, 4) is 0 Å². The fourth-order valence-electron chi connectivity index (χ4n) is 6.05. The first-order valence-corrected chi connectivity index (χ1v) is 14.3. The highest BCUT2D eigenvalue weighted by molar-refractivity contribution is 5.93. The first-order valence-electron chi connectivity index (χ1n) is 14.3. The van der Waals surface area contributed by atoms with Gasteiger partial charge in [-0.15, -0.1) is 0 Å². The molecule has 0 saturated carbocycles. The van der Waals surface area contributed by atoms with Crippen LogP contribution in [0.1, 0.15) is 42.4 Å². The van der Waals surface area contributed by atoms with Crippen molar-refractivity contribution < 1.29 is 24.3 Å². The Balaban J connectivity index is 1.27. The van der Waals surface area contributed by atoms with Crippen LogP contribution in [0.3, 0.4) is 0 Å². The van der Waals surface area contributed by atoms with E-state index in [1.165, 1.54) is 10.8 Å². The number of anilines is 2. The van der Waals surface area contributed by atoms with E-state index in [0.717, 1.165) is 38.4 Å². The smallest absolute Gasteiger partial charge is 0.367 e. The van der Waals surface area contributed by atoms with Gasteiger partial charge in [-0.3, -0.25) is 9.69 Å². The predicted octanol–water partition coefficient (Wildman–Crippen LogP) is 2.45. The Labute approximate surface area is 241 Å². The molecule has 226 valence electrons. The monoisotopic (exact) mass is 585 g/mol. The zero-order valence-electron chi connectivity index (χ0n) is 23.8. The average molecular weight is 586 g/mol. The Bertz CT molecular complexity index is 1560. The van der Waals surface area contributed by atoms with Gasteiger partial charge in [-0.25, -0.2) is 13.8 Å². The van der Waals surface area contributed by atoms with E-state index in [-0.39, 0.29) is 24.3 Å². The summed E-state index contributed by atoms with van der Waals surface area (Å²) in [7, 11) is 0. The normalized spacial score (nSPS) is 17.1. The molecule has 1 aromatic carbocycles. The number of aryl methyl sites for hydroxylation is 2. The van der Waals surface area contributed by atoms with Crippen molar-refractivity contribution in [2.45, 2.75) is 52.3 Å². The number of nitro groups is 1. The molecule has 1 atom stereocenters. The molecule has 13 nitrogen and oxygen atoms in total. The second-order valence-electron chi connectivity index (χ2n) is 10.9. The van der Waals surface area contributed by atoms with Crippen LogP contribution in [0.15, 0.2) is 23.1 Å². The number of β-amino-alcohol motifs (C(OH)–C–C–N with tert-alkyl or cyclic N) is 1. The molecule has 4 heterocycles. The van der Waals surface area contributed by atoms with Crippen molar-refractivity contribution in [3.63, 3.8) is 0 Å². The fraction of sp³-hybridized carbons (Fsp3) is 0.536. The maximum Gasteiger partial charge on any atom is 0.367 e. The van der Waals surface area contributed by atoms with Crippen LogP contribution in [-0.2, 0) is 13.1 Å². The van der Waals surface area contributed by atoms with Gasteiger partial charge in [-0.1, -0.05) is 0 Å². The summed E-state index contributed by atoms with van der Waals surface area (Å²) in [5.74, 6) is -1.20. The summed E-state index contributed by atoms with van der Waals surface area (Å²) in [4.78, 5) is 46.1. The number of rotatable bonds is 9. The lowest BCUT2D eigenvalue weighted by Gasteiger charge is -2.37. The molecule has 2 aliphatic heterocycles. The third-order valence-electron chi connectivity index (χ3n) is 8.24. The van der Waals surface area contributed by atoms with Crippen molar-refractivity contribution in [3.05, 3.63) is 55.9 Å². The van der Waals surface area contributed by atoms with Crippen LogP contribution in [-0.4, -0.2) is 92.0 Å². The van der Waals surface area contributed by atoms with Crippen LogP contribution >= 0.6 is 0 Å². The molecule has 5 rings (SSSR count). The molecule has 2 fully saturated rings. The highest BCUT2D eigenvalue weighted by atomic mass is 19.1. The Hall–Kier alpha value is -4.04. The first-order chi connectivity index (χ1) is 20.1. The second kappa shape index (κ2) is 12.1. The van der Waals surface area contributed by atoms with Crippen molar-refractivity contribution in [2.75, 3.05) is 55.6 Å². The number of aliphatic hydroxyl groups is 1. The summed E-state index contributed by atoms with van der Waals surface area (Å²) >= 11 is 0. The molecular formula is C28H36FN7O6. The third kappa shape index (κ3) is 5.68. The van der Waals surface area contributed by atoms with Gasteiger partial charge in [0.25, 0.3) is 0 Å². The zero-order chi connectivity index (χ0) is 30.1. The largest absolute Gasteiger partial charge is 0.477 e. The maximum absolute atomic E-state index is 15.2. The van der Waals surface area contributed by atoms with E-state index in [0.29, 0.717) is 55.6 Å². The van der Waals surface area contributed by atoms with Crippen LogP contribution < -0.4 is 15.2 Å². The second-order valence-corrected chi connectivity index (χ2v) is 10.9. The summed E-state index contributed by atoms with van der Waals surface area (Å²) in [6.07, 6.45) is 3.43. The molecule has 2 N–H and O–H groups in total. The lowest BCUT2D eigenvalue weighted by molar-refractivity contribution is -0.391. The molecular weight excluding hydrogens is 549 g/mol. The molecule has 2 aliphatic rings. The minimum atomic E-state index is -1.35. The van der Waals surface area contributed by atoms with Crippen LogP contribution in [0.5, 0.6) is 0 Å². The van der Waals surface area contributed by atoms with E-state index in [1.54, 1.807) is 17.6 Å². The van der Waals surface area contributed by atoms with Crippen LogP contribution in [0, 0.1) is 22.9 Å². The molecule has 0 amide bonds. The Morgan fingerprint density at radius 2 is 1.79 bits per heavy atom. The van der Waals surface area contributed by atoms with Crippen molar-refractivity contribution in [2.24, 2.45) is 0 Å². The number of benzene rings is 1. The van der Waals surface area contributed by atoms with E-state index in [1.807, 2.05) is 21.6 Å². The number of hydrogen-bond acceptors (Lipinski definition) is 9. The summed E-state index contributed by atoms with van der Waals surface area (Å²) in [6.45, 7) is 7.68. The van der Waals surface area contributed by atoms with E-state index in [4.69, 9.17) is 0 Å². The van der Waals surface area contributed by atoms with Crippen LogP contribution in [0.25, 0.3) is 10.9 Å². The van der Waals surface area contributed by atoms with Gasteiger partial charge in [0.2, 0.25) is 11.2 Å². The van der Waals surface area contributed by atoms with Gasteiger partial charge in [0, 0.05) is 70.9 Å². The topological polar surface area (TPSA) is 150 Å². The number of aromatic carboxylic acids is 1. The number of imidazole rings is 1. The standard InChI is InChI=1S/C28H36FN7O6/c1-3-32-17-21(28(39)40)25(38)20-13-22(29)24(14-23(20)32)33-11-9-31(10-12-33)15-19(37)16-35-18(2)30-26(27(35)36(41)42)34-7-5-4-6-8-34/h13-14,17,19,37H,3-12,15-16H2,1-2H3,(H,39,40). The number of halogens is 1. The number of aliphatic hydroxyl groups excluding tert-OH is 1. The number of hydrogen-bond donors (Lipinski definition) is 2. The quantitative estimate of drug-likeness (QED) is 0.283. The van der Waals surface area contributed by atoms with Gasteiger partial charge >= 0.3 is 11.8 Å². The fourth-order valence-corrected chi connectivity index (χ4v) is 6.05. The molecule has 14 heteroatoms. The molecule has 0 radical (unpaired) electrons. The van der Waals surface area contributed by atoms with Gasteiger partial charge in [0.05, 0.1) is 11.2 Å². The van der Waals surface area contributed by atoms with Crippen molar-refractivity contribution in [1.29, 1.82) is 0 Å². The van der Waals surface area contributed by atoms with Gasteiger partial charge in [-0.05, 0) is 43.2 Å². The highest BCUT2D eigenvalue weighted by Crippen LogP contribution is 2.31.